The van der Waals surface area contributed by atoms with Crippen LogP contribution in [-0.4, -0.2) is 93.6 Å². The molecule has 0 unspecified atom stereocenters. The maximum atomic E-state index is 12.6. The van der Waals surface area contributed by atoms with Crippen LogP contribution in [0.5, 0.6) is 0 Å². The van der Waals surface area contributed by atoms with Crippen molar-refractivity contribution in [3.05, 3.63) is 137 Å². The van der Waals surface area contributed by atoms with Crippen molar-refractivity contribution in [1.82, 2.24) is 9.55 Å². The Morgan fingerprint density at radius 1 is 0.619 bits per heavy atom. The molecule has 1 heterocycles. The van der Waals surface area contributed by atoms with Crippen LogP contribution in [0.2, 0.25) is 0 Å². The summed E-state index contributed by atoms with van der Waals surface area (Å²) in [4.78, 5) is 71.0. The number of hydrogen-bond donors (Lipinski definition) is 0. The Kier molecular flexibility index (Phi) is 25.1. The van der Waals surface area contributed by atoms with Gasteiger partial charge in [-0.15, -0.1) is 5.06 Å². The van der Waals surface area contributed by atoms with Gasteiger partial charge in [-0.1, -0.05) is 12.1 Å². The second-order valence-electron chi connectivity index (χ2n) is 12.7. The Bertz CT molecular complexity index is 2220. The first kappa shape index (κ1) is 58.0. The number of esters is 2. The number of carboxylic acid groups (broad SMARTS) is 1. The van der Waals surface area contributed by atoms with E-state index in [2.05, 4.69) is 26.0 Å². The first-order valence-corrected chi connectivity index (χ1v) is 19.0. The van der Waals surface area contributed by atoms with E-state index in [1.807, 2.05) is 12.1 Å². The molecular formula is C40H39F6KN2O13S. The van der Waals surface area contributed by atoms with E-state index in [-0.39, 0.29) is 87.1 Å². The number of ether oxygens (including phenoxy) is 2. The molecular weight excluding hydrogens is 899 g/mol. The number of halogens is 6. The smallest absolute Gasteiger partial charge is 0.741 e. The summed E-state index contributed by atoms with van der Waals surface area (Å²) < 4.78 is 106. The third-order valence-corrected chi connectivity index (χ3v) is 7.70. The van der Waals surface area contributed by atoms with Crippen LogP contribution in [0.15, 0.2) is 97.1 Å². The minimum Gasteiger partial charge on any atom is -0.741 e. The zero-order valence-corrected chi connectivity index (χ0v) is 38.4. The SMILES string of the molecule is CCOC(=O)c1ccc([18F])cc1.CCOC(=O)c1ccc([N+](C)(C)C)cc1.O=C(ON1C(=O)CCC1=O)c1ccc([18F])cc1.O=C([O-])c1ccc([18F])cc1.O=S(=O)([O-])C(F)(F)F.[K+]. The molecule has 23 heteroatoms. The molecule has 0 saturated carbocycles. The van der Waals surface area contributed by atoms with Crippen molar-refractivity contribution in [2.45, 2.75) is 32.2 Å². The van der Waals surface area contributed by atoms with Gasteiger partial charge in [-0.2, -0.15) is 13.2 Å². The Balaban J connectivity index is 0.000000778. The summed E-state index contributed by atoms with van der Waals surface area (Å²) in [6, 6.07) is 21.8. The predicted molar refractivity (Wildman–Crippen MR) is 204 cm³/mol. The Labute approximate surface area is 400 Å². The van der Waals surface area contributed by atoms with E-state index in [1.165, 1.54) is 36.4 Å². The number of alkyl halides is 3. The average Bonchev–Trinajstić information content (AvgIpc) is 3.51. The van der Waals surface area contributed by atoms with Crippen LogP contribution in [0.25, 0.3) is 0 Å². The van der Waals surface area contributed by atoms with Crippen molar-refractivity contribution in [3.63, 3.8) is 0 Å². The first-order valence-electron chi connectivity index (χ1n) is 17.6. The van der Waals surface area contributed by atoms with E-state index in [0.717, 1.165) is 46.6 Å². The van der Waals surface area contributed by atoms with Gasteiger partial charge in [0.15, 0.2) is 10.1 Å². The molecule has 1 fully saturated rings. The van der Waals surface area contributed by atoms with Crippen LogP contribution in [0, 0.1) is 17.5 Å². The van der Waals surface area contributed by atoms with Gasteiger partial charge in [0.1, 0.15) is 23.1 Å². The normalized spacial score (nSPS) is 11.8. The molecule has 4 aromatic carbocycles. The number of carboxylic acids is 1. The third-order valence-electron chi connectivity index (χ3n) is 7.13. The summed E-state index contributed by atoms with van der Waals surface area (Å²) in [6.07, 6.45) is 0.0745. The number of aromatic carboxylic acids is 1. The van der Waals surface area contributed by atoms with Gasteiger partial charge in [-0.3, -0.25) is 14.1 Å². The van der Waals surface area contributed by atoms with Crippen LogP contribution in [0.1, 0.15) is 68.1 Å². The number of amides is 2. The molecule has 0 aromatic heterocycles. The number of imide groups is 1. The van der Waals surface area contributed by atoms with Gasteiger partial charge < -0.3 is 28.8 Å². The summed E-state index contributed by atoms with van der Waals surface area (Å²) in [6.45, 7) is 4.27. The molecule has 0 aliphatic carbocycles. The standard InChI is InChI=1S/C12H18NO2.C11H8FNO4.C9H9FO2.C7H5FO2.CHF3O3S.K/c1-5-15-12(14)10-6-8-11(9-7-10)13(2,3)4;12-8-3-1-7(2-4-8)11(16)17-13-9(14)5-6-10(13)15;1-2-12-9(11)7-3-5-8(10)6-4-7;8-6-3-1-5(2-4-6)7(9)10;2-1(3,4)8(5,6)7;/h6-9H,5H2,1-4H3;1-4H,5-6H2;3-6H,2H2,1H3;1-4H,(H,9,10);(H,5,6,7);/q+1;;;;;+1/p-2/i;12-1;10-1;8-1;;. The summed E-state index contributed by atoms with van der Waals surface area (Å²) in [7, 11) is 0.158. The van der Waals surface area contributed by atoms with Crippen molar-refractivity contribution in [2.24, 2.45) is 0 Å². The number of carbonyl (C=O) groups excluding carboxylic acids is 6. The van der Waals surface area contributed by atoms with E-state index < -0.39 is 57.0 Å². The molecule has 15 nitrogen and oxygen atoms in total. The predicted octanol–water partition coefficient (Wildman–Crippen LogP) is 2.35. The fourth-order valence-corrected chi connectivity index (χ4v) is 4.02. The van der Waals surface area contributed by atoms with Crippen LogP contribution in [0.4, 0.5) is 32.0 Å². The molecule has 2 amide bonds. The number of benzene rings is 4. The Hall–Kier alpha value is -5.01. The van der Waals surface area contributed by atoms with Crippen LogP contribution < -0.4 is 61.0 Å². The van der Waals surface area contributed by atoms with E-state index in [9.17, 15) is 60.2 Å². The molecule has 336 valence electrons. The van der Waals surface area contributed by atoms with Gasteiger partial charge in [0, 0.05) is 12.8 Å². The summed E-state index contributed by atoms with van der Waals surface area (Å²) in [5.41, 5.74) is -3.46. The molecule has 0 atom stereocenters. The molecule has 1 saturated heterocycles. The van der Waals surface area contributed by atoms with Gasteiger partial charge in [-0.05, 0) is 104 Å². The second kappa shape index (κ2) is 27.2. The number of rotatable bonds is 8. The largest absolute Gasteiger partial charge is 1.00 e. The average molecular weight is 938 g/mol. The number of carbonyl (C=O) groups is 6. The van der Waals surface area contributed by atoms with Crippen molar-refractivity contribution >= 4 is 51.5 Å². The minimum atomic E-state index is -6.09. The first-order chi connectivity index (χ1) is 28.7. The van der Waals surface area contributed by atoms with Crippen molar-refractivity contribution < 1.29 is 139 Å². The third kappa shape index (κ3) is 21.8. The fraction of sp³-hybridized carbons (Fsp3) is 0.250. The van der Waals surface area contributed by atoms with E-state index in [0.29, 0.717) is 29.4 Å². The molecule has 63 heavy (non-hydrogen) atoms. The van der Waals surface area contributed by atoms with Gasteiger partial charge >= 0.3 is 74.8 Å². The van der Waals surface area contributed by atoms with Crippen LogP contribution in [0.3, 0.4) is 0 Å². The summed E-state index contributed by atoms with van der Waals surface area (Å²) in [5.74, 6) is -5.24. The van der Waals surface area contributed by atoms with Crippen molar-refractivity contribution in [3.8, 4) is 0 Å². The molecule has 0 bridgehead atoms. The molecule has 0 radical (unpaired) electrons. The molecule has 1 aliphatic rings. The van der Waals surface area contributed by atoms with Gasteiger partial charge in [-0.25, -0.2) is 36.0 Å². The van der Waals surface area contributed by atoms with Gasteiger partial charge in [0.25, 0.3) is 11.8 Å². The maximum absolute atomic E-state index is 12.6. The van der Waals surface area contributed by atoms with Crippen molar-refractivity contribution in [1.29, 1.82) is 0 Å². The molecule has 1 aliphatic heterocycles. The topological polar surface area (TPSA) is 214 Å². The second-order valence-corrected chi connectivity index (χ2v) is 14.0. The molecule has 5 rings (SSSR count). The Morgan fingerprint density at radius 3 is 1.17 bits per heavy atom. The Morgan fingerprint density at radius 2 is 0.905 bits per heavy atom. The quantitative estimate of drug-likeness (QED) is 0.0473. The van der Waals surface area contributed by atoms with Gasteiger partial charge in [0.2, 0.25) is 0 Å². The zero-order valence-electron chi connectivity index (χ0n) is 34.4. The zero-order chi connectivity index (χ0) is 47.4. The van der Waals surface area contributed by atoms with Crippen molar-refractivity contribution in [2.75, 3.05) is 34.4 Å². The molecule has 0 spiro atoms. The fourth-order valence-electron chi connectivity index (χ4n) is 4.02. The molecule has 0 N–H and O–H groups in total. The van der Waals surface area contributed by atoms with Crippen LogP contribution in [-0.2, 0) is 34.0 Å². The molecule has 4 aromatic rings. The van der Waals surface area contributed by atoms with E-state index in [4.69, 9.17) is 22.4 Å². The number of quaternary nitrogens is 1. The van der Waals surface area contributed by atoms with Crippen LogP contribution >= 0.6 is 0 Å². The monoisotopic (exact) mass is 937 g/mol. The maximum Gasteiger partial charge on any atom is 1.00 e. The summed E-state index contributed by atoms with van der Waals surface area (Å²) in [5, 5.41) is 10.5. The summed E-state index contributed by atoms with van der Waals surface area (Å²) >= 11 is 0. The number of hydroxylamine groups is 2. The van der Waals surface area contributed by atoms with E-state index in [1.54, 1.807) is 26.0 Å². The number of nitrogens with zero attached hydrogens (tertiary/aromatic N) is 2. The minimum absolute atomic E-state index is 0. The van der Waals surface area contributed by atoms with E-state index >= 15 is 0 Å². The van der Waals surface area contributed by atoms with Gasteiger partial charge in [0.05, 0.1) is 57.0 Å². The number of hydrogen-bond acceptors (Lipinski definition) is 13.